The molecule has 3 rings (SSSR count). The van der Waals surface area contributed by atoms with Crippen LogP contribution >= 0.6 is 0 Å². The van der Waals surface area contributed by atoms with Gasteiger partial charge in [0.1, 0.15) is 0 Å². The van der Waals surface area contributed by atoms with Crippen LogP contribution in [0.15, 0.2) is 72.8 Å². The topological polar surface area (TPSA) is 162 Å². The number of carbonyl (C=O) groups is 4. The van der Waals surface area contributed by atoms with Crippen LogP contribution in [-0.2, 0) is 19.1 Å². The molecule has 0 aliphatic rings. The Kier molecular flexibility index (Phi) is 8.31. The second-order valence-electron chi connectivity index (χ2n) is 8.02. The van der Waals surface area contributed by atoms with Crippen LogP contribution in [0.25, 0.3) is 0 Å². The molecule has 0 saturated carbocycles. The number of carbonyl (C=O) groups excluding carboxylic acids is 3. The summed E-state index contributed by atoms with van der Waals surface area (Å²) in [6, 6.07) is 16.9. The van der Waals surface area contributed by atoms with E-state index in [1.54, 1.807) is 38.1 Å². The van der Waals surface area contributed by atoms with Crippen LogP contribution in [0.1, 0.15) is 31.8 Å². The number of aliphatic carboxylic acids is 1. The number of ether oxygens (including phenoxy) is 2. The van der Waals surface area contributed by atoms with E-state index in [1.165, 1.54) is 42.5 Å². The van der Waals surface area contributed by atoms with Crippen LogP contribution in [0, 0.1) is 24.0 Å². The van der Waals surface area contributed by atoms with Crippen LogP contribution in [0.5, 0.6) is 0 Å². The van der Waals surface area contributed by atoms with Gasteiger partial charge in [0.15, 0.2) is 0 Å². The van der Waals surface area contributed by atoms with Crippen molar-refractivity contribution in [3.63, 3.8) is 0 Å². The third-order valence-corrected chi connectivity index (χ3v) is 5.14. The van der Waals surface area contributed by atoms with Crippen molar-refractivity contribution < 1.29 is 38.7 Å². The number of hydrogen-bond acceptors (Lipinski definition) is 8. The summed E-state index contributed by atoms with van der Waals surface area (Å²) in [5.74, 6) is -5.04. The average Bonchev–Trinajstić information content (AvgIpc) is 2.86. The summed E-state index contributed by atoms with van der Waals surface area (Å²) in [5.41, 5.74) is 1.31. The number of esters is 2. The Hall–Kier alpha value is -5.06. The molecule has 0 aromatic heterocycles. The second kappa shape index (κ2) is 11.6. The molecule has 3 aromatic carbocycles. The molecule has 3 aromatic rings. The predicted molar refractivity (Wildman–Crippen MR) is 130 cm³/mol. The van der Waals surface area contributed by atoms with E-state index in [2.05, 4.69) is 5.32 Å². The summed E-state index contributed by atoms with van der Waals surface area (Å²) in [6.45, 7) is 3.57. The number of carboxylic acid groups (broad SMARTS) is 1. The molecule has 37 heavy (non-hydrogen) atoms. The lowest BCUT2D eigenvalue weighted by molar-refractivity contribution is -0.384. The van der Waals surface area contributed by atoms with Gasteiger partial charge in [-0.2, -0.15) is 0 Å². The lowest BCUT2D eigenvalue weighted by atomic mass is 10.1. The number of rotatable bonds is 9. The molecular weight excluding hydrogens is 484 g/mol. The summed E-state index contributed by atoms with van der Waals surface area (Å²) in [6.07, 6.45) is -4.37. The number of nitrogens with zero attached hydrogens (tertiary/aromatic N) is 1. The van der Waals surface area contributed by atoms with Crippen LogP contribution in [-0.4, -0.2) is 46.1 Å². The van der Waals surface area contributed by atoms with Gasteiger partial charge in [-0.15, -0.1) is 0 Å². The number of nitro benzene ring substituents is 1. The van der Waals surface area contributed by atoms with E-state index in [9.17, 15) is 34.4 Å². The molecule has 11 heteroatoms. The minimum absolute atomic E-state index is 0.0135. The largest absolute Gasteiger partial charge is 0.478 e. The standard InChI is InChI=1S/C26H22N2O9/c1-15-6-10-17(11-7-15)25(32)36-21(23(29)27-19-4-3-5-20(14-19)28(34)35)22(24(30)31)37-26(33)18-12-8-16(2)9-13-18/h3-14,21-22H,1-2H3,(H,27,29)(H,30,31)/t21-,22-/m0/s1. The third-order valence-electron chi connectivity index (χ3n) is 5.14. The quantitative estimate of drug-likeness (QED) is 0.250. The Morgan fingerprint density at radius 3 is 1.76 bits per heavy atom. The Labute approximate surface area is 210 Å². The Morgan fingerprint density at radius 2 is 1.30 bits per heavy atom. The Bertz CT molecular complexity index is 1330. The highest BCUT2D eigenvalue weighted by molar-refractivity contribution is 6.01. The minimum Gasteiger partial charge on any atom is -0.478 e. The van der Waals surface area contributed by atoms with Gasteiger partial charge in [0.25, 0.3) is 11.6 Å². The van der Waals surface area contributed by atoms with E-state index in [-0.39, 0.29) is 22.5 Å². The maximum Gasteiger partial charge on any atom is 0.349 e. The molecule has 0 saturated heterocycles. The number of carboxylic acids is 1. The number of anilines is 1. The fraction of sp³-hybridized carbons (Fsp3) is 0.154. The molecule has 190 valence electrons. The third kappa shape index (κ3) is 6.98. The number of nitro groups is 1. The van der Waals surface area contributed by atoms with Crippen molar-refractivity contribution in [1.29, 1.82) is 0 Å². The van der Waals surface area contributed by atoms with Crippen molar-refractivity contribution in [3.05, 3.63) is 105 Å². The van der Waals surface area contributed by atoms with E-state index in [1.807, 2.05) is 0 Å². The first-order valence-electron chi connectivity index (χ1n) is 10.9. The van der Waals surface area contributed by atoms with Crippen LogP contribution < -0.4 is 5.32 Å². The van der Waals surface area contributed by atoms with E-state index in [0.717, 1.165) is 17.2 Å². The van der Waals surface area contributed by atoms with E-state index >= 15 is 0 Å². The molecule has 0 spiro atoms. The van der Waals surface area contributed by atoms with Gasteiger partial charge in [-0.1, -0.05) is 41.5 Å². The monoisotopic (exact) mass is 506 g/mol. The zero-order valence-electron chi connectivity index (χ0n) is 19.7. The molecule has 0 bridgehead atoms. The predicted octanol–water partition coefficient (Wildman–Crippen LogP) is 3.69. The molecule has 2 N–H and O–H groups in total. The summed E-state index contributed by atoms with van der Waals surface area (Å²) >= 11 is 0. The zero-order valence-corrected chi connectivity index (χ0v) is 19.7. The number of non-ortho nitro benzene ring substituents is 1. The maximum atomic E-state index is 13.1. The van der Waals surface area contributed by atoms with Gasteiger partial charge < -0.3 is 19.9 Å². The lowest BCUT2D eigenvalue weighted by Crippen LogP contribution is -2.48. The molecular formula is C26H22N2O9. The van der Waals surface area contributed by atoms with Crippen molar-refractivity contribution >= 4 is 35.2 Å². The molecule has 0 heterocycles. The normalized spacial score (nSPS) is 12.1. The molecule has 0 aliphatic heterocycles. The number of benzene rings is 3. The SMILES string of the molecule is Cc1ccc(C(=O)O[C@H](C(=O)O)[C@H](OC(=O)c2ccc(C)cc2)C(=O)Nc2cccc([N+](=O)[O-])c2)cc1. The Morgan fingerprint density at radius 1 is 0.811 bits per heavy atom. The van der Waals surface area contributed by atoms with E-state index < -0.39 is 40.9 Å². The second-order valence-corrected chi connectivity index (χ2v) is 8.02. The van der Waals surface area contributed by atoms with Crippen LogP contribution in [0.4, 0.5) is 11.4 Å². The molecule has 0 fully saturated rings. The van der Waals surface area contributed by atoms with Gasteiger partial charge in [0.05, 0.1) is 16.1 Å². The molecule has 2 atom stereocenters. The van der Waals surface area contributed by atoms with Gasteiger partial charge in [0.2, 0.25) is 12.2 Å². The van der Waals surface area contributed by atoms with Crippen molar-refractivity contribution in [3.8, 4) is 0 Å². The summed E-state index contributed by atoms with van der Waals surface area (Å²) in [5, 5.41) is 23.1. The number of amides is 1. The van der Waals surface area contributed by atoms with Gasteiger partial charge in [-0.25, -0.2) is 14.4 Å². The highest BCUT2D eigenvalue weighted by atomic mass is 16.6. The molecule has 0 aliphatic carbocycles. The highest BCUT2D eigenvalue weighted by Gasteiger charge is 2.41. The van der Waals surface area contributed by atoms with Crippen molar-refractivity contribution in [2.24, 2.45) is 0 Å². The van der Waals surface area contributed by atoms with Crippen molar-refractivity contribution in [1.82, 2.24) is 0 Å². The summed E-state index contributed by atoms with van der Waals surface area (Å²) in [7, 11) is 0. The number of aryl methyl sites for hydroxylation is 2. The van der Waals surface area contributed by atoms with Gasteiger partial charge >= 0.3 is 17.9 Å². The lowest BCUT2D eigenvalue weighted by Gasteiger charge is -2.23. The fourth-order valence-electron chi connectivity index (χ4n) is 3.15. The molecule has 0 unspecified atom stereocenters. The first kappa shape index (κ1) is 26.5. The van der Waals surface area contributed by atoms with E-state index in [0.29, 0.717) is 0 Å². The van der Waals surface area contributed by atoms with Crippen molar-refractivity contribution in [2.75, 3.05) is 5.32 Å². The first-order chi connectivity index (χ1) is 17.5. The van der Waals surface area contributed by atoms with Crippen LogP contribution in [0.3, 0.4) is 0 Å². The maximum absolute atomic E-state index is 13.1. The molecule has 1 amide bonds. The zero-order chi connectivity index (χ0) is 27.1. The van der Waals surface area contributed by atoms with Crippen LogP contribution in [0.2, 0.25) is 0 Å². The average molecular weight is 506 g/mol. The minimum atomic E-state index is -2.23. The highest BCUT2D eigenvalue weighted by Crippen LogP contribution is 2.20. The first-order valence-corrected chi connectivity index (χ1v) is 10.9. The summed E-state index contributed by atoms with van der Waals surface area (Å²) < 4.78 is 10.3. The number of hydrogen-bond donors (Lipinski definition) is 2. The molecule has 0 radical (unpaired) electrons. The van der Waals surface area contributed by atoms with Gasteiger partial charge in [-0.05, 0) is 44.2 Å². The summed E-state index contributed by atoms with van der Waals surface area (Å²) in [4.78, 5) is 61.0. The van der Waals surface area contributed by atoms with Crippen molar-refractivity contribution in [2.45, 2.75) is 26.1 Å². The fourth-order valence-corrected chi connectivity index (χ4v) is 3.15. The van der Waals surface area contributed by atoms with Gasteiger partial charge in [-0.3, -0.25) is 14.9 Å². The number of nitrogens with one attached hydrogen (secondary N) is 1. The van der Waals surface area contributed by atoms with E-state index in [4.69, 9.17) is 9.47 Å². The smallest absolute Gasteiger partial charge is 0.349 e. The Balaban J connectivity index is 1.92. The molecule has 11 nitrogen and oxygen atoms in total. The van der Waals surface area contributed by atoms with Gasteiger partial charge in [0, 0.05) is 17.8 Å².